The number of fused-ring (bicyclic) bond motifs is 3. The van der Waals surface area contributed by atoms with Crippen molar-refractivity contribution < 1.29 is 27.1 Å². The van der Waals surface area contributed by atoms with Crippen LogP contribution in [0.2, 0.25) is 5.02 Å². The molecule has 0 fully saturated rings. The van der Waals surface area contributed by atoms with Crippen molar-refractivity contribution in [3.05, 3.63) is 33.6 Å². The topological polar surface area (TPSA) is 26.3 Å². The molecule has 0 amide bonds. The summed E-state index contributed by atoms with van der Waals surface area (Å²) < 4.78 is 60.1. The molecule has 0 bridgehead atoms. The Morgan fingerprint density at radius 3 is 2.58 bits per heavy atom. The fourth-order valence-electron chi connectivity index (χ4n) is 4.22. The first-order chi connectivity index (χ1) is 12.2. The monoisotopic (exact) mass is 390 g/mol. The van der Waals surface area contributed by atoms with Crippen molar-refractivity contribution in [2.75, 3.05) is 7.11 Å². The van der Waals surface area contributed by atoms with Crippen LogP contribution in [0, 0.1) is 17.7 Å². The highest BCUT2D eigenvalue weighted by Crippen LogP contribution is 2.54. The summed E-state index contributed by atoms with van der Waals surface area (Å²) in [5.74, 6) is -2.58. The molecule has 0 saturated carbocycles. The molecular weight excluding hydrogens is 372 g/mol. The van der Waals surface area contributed by atoms with Crippen molar-refractivity contribution in [1.82, 2.24) is 0 Å². The fraction of sp³-hybridized carbons (Fsp3) is 0.526. The number of methoxy groups -OCH3 is 1. The molecule has 142 valence electrons. The quantitative estimate of drug-likeness (QED) is 0.611. The minimum Gasteiger partial charge on any atom is -0.492 e. The Balaban J connectivity index is 2.23. The molecule has 1 aromatic carbocycles. The molecule has 0 aliphatic heterocycles. The lowest BCUT2D eigenvalue weighted by molar-refractivity contribution is -0.130. The van der Waals surface area contributed by atoms with Crippen LogP contribution in [-0.4, -0.2) is 19.1 Å². The Morgan fingerprint density at radius 1 is 1.31 bits per heavy atom. The van der Waals surface area contributed by atoms with Crippen LogP contribution >= 0.6 is 11.6 Å². The minimum absolute atomic E-state index is 0.00684. The number of alkyl halides is 3. The summed E-state index contributed by atoms with van der Waals surface area (Å²) in [6, 6.07) is 1.02. The number of rotatable bonds is 4. The van der Waals surface area contributed by atoms with Gasteiger partial charge in [0.15, 0.2) is 17.3 Å². The number of hydrogen-bond donors (Lipinski definition) is 0. The van der Waals surface area contributed by atoms with Gasteiger partial charge in [0.1, 0.15) is 5.57 Å². The van der Waals surface area contributed by atoms with Crippen molar-refractivity contribution in [2.24, 2.45) is 11.8 Å². The van der Waals surface area contributed by atoms with Crippen LogP contribution in [-0.2, 0) is 11.2 Å². The van der Waals surface area contributed by atoms with Crippen molar-refractivity contribution >= 4 is 23.0 Å². The van der Waals surface area contributed by atoms with Crippen LogP contribution in [0.5, 0.6) is 5.75 Å². The molecule has 7 heteroatoms. The van der Waals surface area contributed by atoms with Crippen molar-refractivity contribution in [2.45, 2.75) is 45.2 Å². The summed E-state index contributed by atoms with van der Waals surface area (Å²) in [7, 11) is 1.26. The zero-order valence-electron chi connectivity index (χ0n) is 14.5. The molecule has 2 aliphatic rings. The van der Waals surface area contributed by atoms with E-state index in [-0.39, 0.29) is 40.7 Å². The van der Waals surface area contributed by atoms with E-state index in [1.54, 1.807) is 0 Å². The van der Waals surface area contributed by atoms with Gasteiger partial charge < -0.3 is 4.74 Å². The predicted octanol–water partition coefficient (Wildman–Crippen LogP) is 5.76. The first-order valence-corrected chi connectivity index (χ1v) is 8.98. The third kappa shape index (κ3) is 3.02. The zero-order valence-corrected chi connectivity index (χ0v) is 15.2. The summed E-state index contributed by atoms with van der Waals surface area (Å²) in [4.78, 5) is 12.3. The maximum atomic E-state index is 14.3. The van der Waals surface area contributed by atoms with Crippen LogP contribution in [0.3, 0.4) is 0 Å². The van der Waals surface area contributed by atoms with Crippen LogP contribution in [0.4, 0.5) is 17.6 Å². The van der Waals surface area contributed by atoms with E-state index in [4.69, 9.17) is 16.3 Å². The highest BCUT2D eigenvalue weighted by molar-refractivity contribution is 6.33. The Hall–Kier alpha value is -1.56. The van der Waals surface area contributed by atoms with Gasteiger partial charge in [0.2, 0.25) is 0 Å². The zero-order chi connectivity index (χ0) is 19.2. The molecule has 2 nitrogen and oxygen atoms in total. The molecule has 1 aromatic rings. The summed E-state index contributed by atoms with van der Waals surface area (Å²) in [6.45, 7) is 1.99. The van der Waals surface area contributed by atoms with Gasteiger partial charge in [-0.3, -0.25) is 4.79 Å². The number of Topliss-reactive ketones (excluding diaryl/α,β-unsaturated/α-hetero) is 1. The predicted molar refractivity (Wildman–Crippen MR) is 90.8 cm³/mol. The summed E-state index contributed by atoms with van der Waals surface area (Å²) in [5.41, 5.74) is -0.703. The molecule has 0 saturated heterocycles. The number of allylic oxidation sites excluding steroid dienone is 2. The van der Waals surface area contributed by atoms with Crippen LogP contribution in [0.1, 0.15) is 43.7 Å². The number of carbonyl (C=O) groups is 1. The molecule has 0 heterocycles. The van der Waals surface area contributed by atoms with Gasteiger partial charge in [-0.1, -0.05) is 31.4 Å². The molecular formula is C19H19ClF4O2. The fourth-order valence-corrected chi connectivity index (χ4v) is 4.57. The number of benzene rings is 1. The lowest BCUT2D eigenvalue weighted by atomic mass is 9.72. The Labute approximate surface area is 154 Å². The molecule has 0 radical (unpaired) electrons. The van der Waals surface area contributed by atoms with Gasteiger partial charge in [-0.15, -0.1) is 0 Å². The highest BCUT2D eigenvalue weighted by Gasteiger charge is 2.50. The first-order valence-electron chi connectivity index (χ1n) is 8.60. The molecule has 3 rings (SSSR count). The van der Waals surface area contributed by atoms with E-state index in [1.165, 1.54) is 7.11 Å². The van der Waals surface area contributed by atoms with E-state index >= 15 is 0 Å². The maximum absolute atomic E-state index is 14.3. The van der Waals surface area contributed by atoms with Crippen molar-refractivity contribution in [3.63, 3.8) is 0 Å². The van der Waals surface area contributed by atoms with Crippen LogP contribution in [0.25, 0.3) is 5.57 Å². The summed E-state index contributed by atoms with van der Waals surface area (Å²) in [5, 5.41) is -0.00684. The van der Waals surface area contributed by atoms with Crippen LogP contribution in [0.15, 0.2) is 11.6 Å². The maximum Gasteiger partial charge on any atom is 0.420 e. The standard InChI is InChI=1S/C19H19ClF4O2/c1-3-4-5-9-6-14(25)16(19(22,23)24)15-10(9)7-12-11(15)8-13(21)18(26-2)17(12)20/h8-10H,3-7H2,1-2H3. The molecule has 26 heavy (non-hydrogen) atoms. The number of carbonyl (C=O) groups excluding carboxylic acids is 1. The Morgan fingerprint density at radius 2 is 2.00 bits per heavy atom. The van der Waals surface area contributed by atoms with Gasteiger partial charge >= 0.3 is 6.18 Å². The van der Waals surface area contributed by atoms with Gasteiger partial charge in [0.05, 0.1) is 12.1 Å². The number of halogens is 5. The van der Waals surface area contributed by atoms with Gasteiger partial charge in [0.25, 0.3) is 0 Å². The van der Waals surface area contributed by atoms with Gasteiger partial charge in [-0.05, 0) is 47.4 Å². The summed E-state index contributed by atoms with van der Waals surface area (Å²) >= 11 is 6.22. The van der Waals surface area contributed by atoms with Crippen molar-refractivity contribution in [3.8, 4) is 5.75 Å². The lowest BCUT2D eigenvalue weighted by Crippen LogP contribution is -2.32. The third-order valence-electron chi connectivity index (χ3n) is 5.34. The van der Waals surface area contributed by atoms with E-state index in [0.29, 0.717) is 12.0 Å². The van der Waals surface area contributed by atoms with E-state index < -0.39 is 29.3 Å². The smallest absolute Gasteiger partial charge is 0.420 e. The third-order valence-corrected chi connectivity index (χ3v) is 5.74. The van der Waals surface area contributed by atoms with Crippen LogP contribution < -0.4 is 4.74 Å². The lowest BCUT2D eigenvalue weighted by Gasteiger charge is -2.32. The summed E-state index contributed by atoms with van der Waals surface area (Å²) in [6.07, 6.45) is -2.27. The number of ether oxygens (including phenoxy) is 1. The van der Waals surface area contributed by atoms with Crippen molar-refractivity contribution in [1.29, 1.82) is 0 Å². The van der Waals surface area contributed by atoms with E-state index in [0.717, 1.165) is 18.9 Å². The second kappa shape index (κ2) is 6.87. The molecule has 0 aromatic heterocycles. The molecule has 2 unspecified atom stereocenters. The second-order valence-electron chi connectivity index (χ2n) is 6.86. The highest BCUT2D eigenvalue weighted by atomic mass is 35.5. The minimum atomic E-state index is -4.77. The first kappa shape index (κ1) is 19.2. The van der Waals surface area contributed by atoms with E-state index in [9.17, 15) is 22.4 Å². The number of unbranched alkanes of at least 4 members (excludes halogenated alkanes) is 1. The normalized spacial score (nSPS) is 22.5. The van der Waals surface area contributed by atoms with Gasteiger partial charge in [0, 0.05) is 6.42 Å². The number of hydrogen-bond acceptors (Lipinski definition) is 2. The SMILES string of the molecule is CCCCC1CC(=O)C(C(F)(F)F)=C2c3cc(F)c(OC)c(Cl)c3CC21. The Bertz CT molecular complexity index is 783. The second-order valence-corrected chi connectivity index (χ2v) is 7.24. The molecule has 0 spiro atoms. The Kier molecular flexibility index (Phi) is 5.08. The largest absolute Gasteiger partial charge is 0.492 e. The van der Waals surface area contributed by atoms with E-state index in [1.807, 2.05) is 6.92 Å². The average molecular weight is 391 g/mol. The average Bonchev–Trinajstić information content (AvgIpc) is 2.91. The molecule has 2 atom stereocenters. The van der Waals surface area contributed by atoms with Gasteiger partial charge in [-0.2, -0.15) is 13.2 Å². The van der Waals surface area contributed by atoms with Gasteiger partial charge in [-0.25, -0.2) is 4.39 Å². The molecule has 0 N–H and O–H groups in total. The van der Waals surface area contributed by atoms with E-state index in [2.05, 4.69) is 0 Å². The molecule has 2 aliphatic carbocycles. The number of ketones is 1.